The van der Waals surface area contributed by atoms with Crippen LogP contribution in [0.2, 0.25) is 10.0 Å². The summed E-state index contributed by atoms with van der Waals surface area (Å²) in [5.74, 6) is 0. The van der Waals surface area contributed by atoms with Crippen LogP contribution in [0.1, 0.15) is 31.9 Å². The van der Waals surface area contributed by atoms with Crippen molar-refractivity contribution in [2.75, 3.05) is 0 Å². The summed E-state index contributed by atoms with van der Waals surface area (Å²) >= 11 is 11.8. The highest BCUT2D eigenvalue weighted by molar-refractivity contribution is 7.10. The predicted octanol–water partition coefficient (Wildman–Crippen LogP) is 3.54. The molecule has 0 saturated heterocycles. The van der Waals surface area contributed by atoms with E-state index in [0.29, 0.717) is 15.6 Å². The summed E-state index contributed by atoms with van der Waals surface area (Å²) < 4.78 is 10.6. The van der Waals surface area contributed by atoms with Crippen molar-refractivity contribution in [3.05, 3.63) is 33.8 Å². The lowest BCUT2D eigenvalue weighted by Crippen LogP contribution is -2.47. The van der Waals surface area contributed by atoms with Gasteiger partial charge in [0.25, 0.3) is 0 Å². The Bertz CT molecular complexity index is 475. The maximum absolute atomic E-state index is 10.4. The molecule has 0 amide bonds. The molecule has 1 aromatic carbocycles. The van der Waals surface area contributed by atoms with Crippen LogP contribution in [0.5, 0.6) is 0 Å². The van der Waals surface area contributed by atoms with Crippen LogP contribution in [-0.4, -0.2) is 28.0 Å². The zero-order valence-corrected chi connectivity index (χ0v) is 15.6. The fourth-order valence-electron chi connectivity index (χ4n) is 2.22. The van der Waals surface area contributed by atoms with Gasteiger partial charge in [0.15, 0.2) is 0 Å². The third kappa shape index (κ3) is 4.99. The Kier molecular flexibility index (Phi) is 7.80. The first-order valence-corrected chi connectivity index (χ1v) is 7.99. The summed E-state index contributed by atoms with van der Waals surface area (Å²) in [6.45, 7) is 3.35. The Morgan fingerprint density at radius 2 is 1.86 bits per heavy atom. The van der Waals surface area contributed by atoms with E-state index in [1.165, 1.54) is 0 Å². The smallest absolute Gasteiger partial charge is 0.116 e. The first kappa shape index (κ1) is 19.5. The molecular formula is C13H20Cl2O4P2. The van der Waals surface area contributed by atoms with Crippen molar-refractivity contribution in [3.8, 4) is 0 Å². The van der Waals surface area contributed by atoms with Crippen LogP contribution in [0.15, 0.2) is 18.2 Å². The van der Waals surface area contributed by atoms with Gasteiger partial charge in [-0.15, -0.1) is 0 Å². The van der Waals surface area contributed by atoms with E-state index >= 15 is 0 Å². The Balaban J connectivity index is 2.96. The number of rotatable bonds is 7. The van der Waals surface area contributed by atoms with Gasteiger partial charge in [0.2, 0.25) is 0 Å². The van der Waals surface area contributed by atoms with E-state index in [4.69, 9.17) is 32.2 Å². The minimum Gasteiger partial charge on any atom is -0.391 e. The predicted molar refractivity (Wildman–Crippen MR) is 91.5 cm³/mol. The van der Waals surface area contributed by atoms with Gasteiger partial charge in [0, 0.05) is 25.4 Å². The molecule has 0 aliphatic rings. The van der Waals surface area contributed by atoms with Crippen molar-refractivity contribution in [2.45, 2.75) is 44.2 Å². The van der Waals surface area contributed by atoms with Gasteiger partial charge >= 0.3 is 0 Å². The lowest BCUT2D eigenvalue weighted by Gasteiger charge is -2.38. The van der Waals surface area contributed by atoms with Crippen molar-refractivity contribution < 1.29 is 19.3 Å². The molecule has 0 saturated carbocycles. The maximum Gasteiger partial charge on any atom is 0.116 e. The molecule has 1 aromatic rings. The third-order valence-electron chi connectivity index (χ3n) is 3.38. The summed E-state index contributed by atoms with van der Waals surface area (Å²) in [5.41, 5.74) is -0.294. The molecule has 0 aliphatic carbocycles. The zero-order valence-electron chi connectivity index (χ0n) is 11.8. The lowest BCUT2D eigenvalue weighted by atomic mass is 9.87. The molecule has 0 fully saturated rings. The second-order valence-corrected chi connectivity index (χ2v) is 6.44. The van der Waals surface area contributed by atoms with E-state index in [1.807, 2.05) is 0 Å². The molecule has 6 atom stereocenters. The Hall–Kier alpha value is 0.500. The second kappa shape index (κ2) is 8.38. The molecule has 0 aromatic heterocycles. The molecule has 0 radical (unpaired) electrons. The van der Waals surface area contributed by atoms with Gasteiger partial charge in [-0.2, -0.15) is 0 Å². The number of hydrogen-bond acceptors (Lipinski definition) is 4. The van der Waals surface area contributed by atoms with E-state index in [2.05, 4.69) is 18.9 Å². The first-order valence-electron chi connectivity index (χ1n) is 6.29. The molecule has 120 valence electrons. The summed E-state index contributed by atoms with van der Waals surface area (Å²) in [6, 6.07) is 4.93. The largest absolute Gasteiger partial charge is 0.391 e. The molecular weight excluding hydrogens is 353 g/mol. The molecule has 5 unspecified atom stereocenters. The summed E-state index contributed by atoms with van der Waals surface area (Å²) in [6.07, 6.45) is -2.03. The first-order chi connectivity index (χ1) is 9.75. The monoisotopic (exact) mass is 372 g/mol. The van der Waals surface area contributed by atoms with Crippen LogP contribution in [0.25, 0.3) is 0 Å². The highest BCUT2D eigenvalue weighted by Crippen LogP contribution is 2.36. The minimum atomic E-state index is -0.911. The van der Waals surface area contributed by atoms with Crippen molar-refractivity contribution in [1.29, 1.82) is 0 Å². The van der Waals surface area contributed by atoms with Gasteiger partial charge in [-0.05, 0) is 31.5 Å². The van der Waals surface area contributed by atoms with Crippen LogP contribution >= 0.6 is 42.1 Å². The Labute approximate surface area is 139 Å². The Morgan fingerprint density at radius 3 is 2.29 bits per heavy atom. The van der Waals surface area contributed by atoms with E-state index in [1.54, 1.807) is 32.0 Å². The number of benzene rings is 1. The van der Waals surface area contributed by atoms with Crippen LogP contribution in [0.3, 0.4) is 0 Å². The maximum atomic E-state index is 10.4. The van der Waals surface area contributed by atoms with Gasteiger partial charge in [-0.25, -0.2) is 0 Å². The molecule has 4 nitrogen and oxygen atoms in total. The highest BCUT2D eigenvalue weighted by Gasteiger charge is 2.40. The van der Waals surface area contributed by atoms with E-state index < -0.39 is 23.9 Å². The number of aliphatic hydroxyl groups excluding tert-OH is 2. The minimum absolute atomic E-state index is 0.207. The molecule has 0 bridgehead atoms. The van der Waals surface area contributed by atoms with E-state index in [0.717, 1.165) is 0 Å². The average Bonchev–Trinajstić information content (AvgIpc) is 2.41. The molecule has 2 N–H and O–H groups in total. The zero-order chi connectivity index (χ0) is 16.2. The van der Waals surface area contributed by atoms with Crippen molar-refractivity contribution in [2.24, 2.45) is 0 Å². The van der Waals surface area contributed by atoms with Crippen LogP contribution in [0.4, 0.5) is 0 Å². The summed E-state index contributed by atoms with van der Waals surface area (Å²) in [5, 5.41) is 21.0. The van der Waals surface area contributed by atoms with Crippen molar-refractivity contribution in [3.63, 3.8) is 0 Å². The topological polar surface area (TPSA) is 58.9 Å². The van der Waals surface area contributed by atoms with Crippen LogP contribution < -0.4 is 0 Å². The van der Waals surface area contributed by atoms with E-state index in [-0.39, 0.29) is 6.42 Å². The van der Waals surface area contributed by atoms with Crippen LogP contribution in [0, 0.1) is 0 Å². The van der Waals surface area contributed by atoms with Crippen LogP contribution in [-0.2, 0) is 9.05 Å². The van der Waals surface area contributed by atoms with E-state index in [9.17, 15) is 10.2 Å². The Morgan fingerprint density at radius 1 is 1.24 bits per heavy atom. The summed E-state index contributed by atoms with van der Waals surface area (Å²) in [4.78, 5) is 0. The highest BCUT2D eigenvalue weighted by atomic mass is 35.5. The molecule has 0 aliphatic heterocycles. The van der Waals surface area contributed by atoms with Crippen molar-refractivity contribution in [1.82, 2.24) is 0 Å². The SMILES string of the molecule is CC(O)C(OP)[C@@](C)(CC(O)c1ccc(Cl)c(Cl)c1)OP. The van der Waals surface area contributed by atoms with Gasteiger partial charge in [0.1, 0.15) is 11.7 Å². The molecule has 21 heavy (non-hydrogen) atoms. The molecule has 0 heterocycles. The van der Waals surface area contributed by atoms with Gasteiger partial charge in [-0.1, -0.05) is 29.3 Å². The normalized spacial score (nSPS) is 18.9. The number of hydrogen-bond donors (Lipinski definition) is 2. The quantitative estimate of drug-likeness (QED) is 0.718. The summed E-state index contributed by atoms with van der Waals surface area (Å²) in [7, 11) is 4.27. The van der Waals surface area contributed by atoms with Gasteiger partial charge in [0.05, 0.1) is 22.3 Å². The lowest BCUT2D eigenvalue weighted by molar-refractivity contribution is -0.0872. The molecule has 0 spiro atoms. The van der Waals surface area contributed by atoms with Crippen molar-refractivity contribution >= 4 is 42.1 Å². The fraction of sp³-hybridized carbons (Fsp3) is 0.538. The average molecular weight is 373 g/mol. The number of aliphatic hydroxyl groups is 2. The fourth-order valence-corrected chi connectivity index (χ4v) is 3.27. The second-order valence-electron chi connectivity index (χ2n) is 5.12. The molecule has 1 rings (SSSR count). The standard InChI is InChI=1S/C13H20Cl2O4P2/c1-7(16)12(18-20)13(2,19-21)6-11(17)8-3-4-9(14)10(15)5-8/h3-5,7,11-12,16-17H,6,20-21H2,1-2H3/t7?,11?,12?,13-/m1/s1. The molecule has 8 heteroatoms. The van der Waals surface area contributed by atoms with Gasteiger partial charge in [-0.3, -0.25) is 0 Å². The number of halogens is 2. The van der Waals surface area contributed by atoms with Gasteiger partial charge < -0.3 is 19.3 Å². The third-order valence-corrected chi connectivity index (χ3v) is 4.95.